The van der Waals surface area contributed by atoms with Crippen LogP contribution in [0.3, 0.4) is 0 Å². The highest BCUT2D eigenvalue weighted by Gasteiger charge is 1.99. The molecule has 0 aromatic carbocycles. The molecule has 0 spiro atoms. The zero-order valence-corrected chi connectivity index (χ0v) is 15.1. The molecule has 24 heavy (non-hydrogen) atoms. The number of halogens is 1. The van der Waals surface area contributed by atoms with Crippen molar-refractivity contribution in [2.75, 3.05) is 19.6 Å². The Bertz CT molecular complexity index is 635. The Labute approximate surface area is 148 Å². The smallest absolute Gasteiger partial charge is 0.191 e. The summed E-state index contributed by atoms with van der Waals surface area (Å²) >= 11 is 5.79. The molecule has 2 aromatic rings. The minimum atomic E-state index is 0.522. The van der Waals surface area contributed by atoms with Gasteiger partial charge in [-0.1, -0.05) is 17.7 Å². The molecule has 0 unspecified atom stereocenters. The van der Waals surface area contributed by atoms with Gasteiger partial charge in [0, 0.05) is 38.6 Å². The third-order valence-electron chi connectivity index (χ3n) is 3.42. The molecule has 2 N–H and O–H groups in total. The van der Waals surface area contributed by atoms with Crippen molar-refractivity contribution in [1.82, 2.24) is 25.4 Å². The van der Waals surface area contributed by atoms with E-state index < -0.39 is 0 Å². The second-order valence-corrected chi connectivity index (χ2v) is 5.95. The van der Waals surface area contributed by atoms with Gasteiger partial charge in [0.1, 0.15) is 5.15 Å². The van der Waals surface area contributed by atoms with Gasteiger partial charge in [0.05, 0.1) is 6.20 Å². The number of rotatable bonds is 8. The summed E-state index contributed by atoms with van der Waals surface area (Å²) in [7, 11) is 0. The molecule has 0 fully saturated rings. The summed E-state index contributed by atoms with van der Waals surface area (Å²) in [6, 6.07) is 3.81. The van der Waals surface area contributed by atoms with Crippen LogP contribution >= 0.6 is 11.6 Å². The first-order chi connectivity index (χ1) is 11.7. The summed E-state index contributed by atoms with van der Waals surface area (Å²) in [5.74, 6) is 0.844. The fourth-order valence-corrected chi connectivity index (χ4v) is 2.35. The highest BCUT2D eigenvalue weighted by molar-refractivity contribution is 6.29. The maximum Gasteiger partial charge on any atom is 0.191 e. The summed E-state index contributed by atoms with van der Waals surface area (Å²) in [6.07, 6.45) is 7.56. The highest BCUT2D eigenvalue weighted by atomic mass is 35.5. The predicted octanol–water partition coefficient (Wildman–Crippen LogP) is 2.43. The maximum atomic E-state index is 5.79. The van der Waals surface area contributed by atoms with Crippen LogP contribution in [0.15, 0.2) is 35.7 Å². The number of aliphatic imine (C=N–C) groups is 1. The van der Waals surface area contributed by atoms with E-state index in [0.717, 1.165) is 50.5 Å². The van der Waals surface area contributed by atoms with Crippen LogP contribution in [-0.2, 0) is 13.0 Å². The molecule has 7 heteroatoms. The number of aryl methyl sites for hydroxylation is 2. The van der Waals surface area contributed by atoms with Crippen molar-refractivity contribution in [2.24, 2.45) is 4.99 Å². The summed E-state index contributed by atoms with van der Waals surface area (Å²) in [5.41, 5.74) is 2.34. The fraction of sp³-hybridized carbons (Fsp3) is 0.471. The Morgan fingerprint density at radius 1 is 1.29 bits per heavy atom. The summed E-state index contributed by atoms with van der Waals surface area (Å²) in [5, 5.41) is 11.4. The zero-order chi connectivity index (χ0) is 17.2. The predicted molar refractivity (Wildman–Crippen MR) is 98.5 cm³/mol. The SMILES string of the molecule is CCNC(=NCCCn1cc(C)cn1)NCCc1ccc(Cl)nc1. The molecule has 0 aliphatic carbocycles. The van der Waals surface area contributed by atoms with Gasteiger partial charge in [-0.15, -0.1) is 0 Å². The summed E-state index contributed by atoms with van der Waals surface area (Å²) < 4.78 is 1.96. The molecule has 0 radical (unpaired) electrons. The lowest BCUT2D eigenvalue weighted by Crippen LogP contribution is -2.38. The van der Waals surface area contributed by atoms with Crippen molar-refractivity contribution >= 4 is 17.6 Å². The molecular weight excluding hydrogens is 324 g/mol. The molecule has 6 nitrogen and oxygen atoms in total. The maximum absolute atomic E-state index is 5.79. The Balaban J connectivity index is 1.72. The summed E-state index contributed by atoms with van der Waals surface area (Å²) in [4.78, 5) is 8.69. The Kier molecular flexibility index (Phi) is 7.55. The van der Waals surface area contributed by atoms with Gasteiger partial charge >= 0.3 is 0 Å². The highest BCUT2D eigenvalue weighted by Crippen LogP contribution is 2.05. The molecule has 0 bridgehead atoms. The van der Waals surface area contributed by atoms with Gasteiger partial charge in [0.25, 0.3) is 0 Å². The third-order valence-corrected chi connectivity index (χ3v) is 3.64. The van der Waals surface area contributed by atoms with E-state index in [9.17, 15) is 0 Å². The van der Waals surface area contributed by atoms with Gasteiger partial charge in [-0.25, -0.2) is 4.98 Å². The van der Waals surface area contributed by atoms with Gasteiger partial charge < -0.3 is 10.6 Å². The molecule has 2 heterocycles. The van der Waals surface area contributed by atoms with E-state index in [-0.39, 0.29) is 0 Å². The minimum absolute atomic E-state index is 0.522. The molecule has 130 valence electrons. The first-order valence-electron chi connectivity index (χ1n) is 8.29. The molecule has 0 saturated carbocycles. The monoisotopic (exact) mass is 348 g/mol. The van der Waals surface area contributed by atoms with Crippen molar-refractivity contribution in [2.45, 2.75) is 33.2 Å². The number of nitrogens with zero attached hydrogens (tertiary/aromatic N) is 4. The van der Waals surface area contributed by atoms with E-state index >= 15 is 0 Å². The van der Waals surface area contributed by atoms with Gasteiger partial charge in [0.15, 0.2) is 5.96 Å². The van der Waals surface area contributed by atoms with Gasteiger partial charge in [-0.2, -0.15) is 5.10 Å². The lowest BCUT2D eigenvalue weighted by atomic mass is 10.2. The molecular formula is C17H25ClN6. The zero-order valence-electron chi connectivity index (χ0n) is 14.3. The summed E-state index contributed by atoms with van der Waals surface area (Å²) in [6.45, 7) is 7.39. The van der Waals surface area contributed by atoms with Crippen LogP contribution in [0.2, 0.25) is 5.15 Å². The third kappa shape index (κ3) is 6.58. The van der Waals surface area contributed by atoms with Crippen LogP contribution in [0.1, 0.15) is 24.5 Å². The first kappa shape index (κ1) is 18.3. The van der Waals surface area contributed by atoms with Crippen molar-refractivity contribution in [1.29, 1.82) is 0 Å². The van der Waals surface area contributed by atoms with Gasteiger partial charge in [0.2, 0.25) is 0 Å². The molecule has 0 aliphatic heterocycles. The first-order valence-corrected chi connectivity index (χ1v) is 8.67. The van der Waals surface area contributed by atoms with Crippen LogP contribution in [0.25, 0.3) is 0 Å². The molecule has 0 amide bonds. The standard InChI is InChI=1S/C17H25ClN6/c1-3-19-17(20-8-4-10-24-13-14(2)11-23-24)21-9-7-15-5-6-16(18)22-12-15/h5-6,11-13H,3-4,7-10H2,1-2H3,(H2,19,20,21). The number of nitrogens with one attached hydrogen (secondary N) is 2. The second-order valence-electron chi connectivity index (χ2n) is 5.56. The van der Waals surface area contributed by atoms with Crippen LogP contribution in [-0.4, -0.2) is 40.4 Å². The largest absolute Gasteiger partial charge is 0.357 e. The van der Waals surface area contributed by atoms with E-state index in [2.05, 4.69) is 32.6 Å². The normalized spacial score (nSPS) is 11.5. The van der Waals surface area contributed by atoms with Gasteiger partial charge in [-0.3, -0.25) is 9.67 Å². The van der Waals surface area contributed by atoms with Crippen LogP contribution in [0, 0.1) is 6.92 Å². The Hall–Kier alpha value is -2.08. The Morgan fingerprint density at radius 3 is 2.83 bits per heavy atom. The Morgan fingerprint density at radius 2 is 2.17 bits per heavy atom. The lowest BCUT2D eigenvalue weighted by Gasteiger charge is -2.11. The minimum Gasteiger partial charge on any atom is -0.357 e. The molecule has 0 saturated heterocycles. The number of guanidine groups is 1. The number of hydrogen-bond donors (Lipinski definition) is 2. The van der Waals surface area contributed by atoms with E-state index in [1.165, 1.54) is 5.56 Å². The van der Waals surface area contributed by atoms with Crippen LogP contribution in [0.5, 0.6) is 0 Å². The second kappa shape index (κ2) is 9.93. The van der Waals surface area contributed by atoms with Gasteiger partial charge in [-0.05, 0) is 43.9 Å². The average molecular weight is 349 g/mol. The van der Waals surface area contributed by atoms with Crippen molar-refractivity contribution in [3.63, 3.8) is 0 Å². The molecule has 2 rings (SSSR count). The molecule has 2 aromatic heterocycles. The van der Waals surface area contributed by atoms with E-state index in [1.807, 2.05) is 36.1 Å². The number of pyridine rings is 1. The molecule has 0 aliphatic rings. The fourth-order valence-electron chi connectivity index (χ4n) is 2.23. The average Bonchev–Trinajstić information content (AvgIpc) is 2.99. The lowest BCUT2D eigenvalue weighted by molar-refractivity contribution is 0.583. The number of hydrogen-bond acceptors (Lipinski definition) is 3. The van der Waals surface area contributed by atoms with Crippen molar-refractivity contribution in [3.8, 4) is 0 Å². The van der Waals surface area contributed by atoms with E-state index in [0.29, 0.717) is 5.15 Å². The molecule has 0 atom stereocenters. The van der Waals surface area contributed by atoms with E-state index in [4.69, 9.17) is 11.6 Å². The van der Waals surface area contributed by atoms with E-state index in [1.54, 1.807) is 6.20 Å². The van der Waals surface area contributed by atoms with Crippen molar-refractivity contribution < 1.29 is 0 Å². The van der Waals surface area contributed by atoms with Crippen molar-refractivity contribution in [3.05, 3.63) is 47.0 Å². The van der Waals surface area contributed by atoms with Crippen LogP contribution < -0.4 is 10.6 Å². The quantitative estimate of drug-likeness (QED) is 0.333. The van der Waals surface area contributed by atoms with Crippen LogP contribution in [0.4, 0.5) is 0 Å². The topological polar surface area (TPSA) is 67.1 Å². The number of aromatic nitrogens is 3.